The molecule has 9 heteroatoms. The van der Waals surface area contributed by atoms with Crippen molar-refractivity contribution >= 4 is 45.7 Å². The van der Waals surface area contributed by atoms with Crippen molar-refractivity contribution in [3.63, 3.8) is 0 Å². The van der Waals surface area contributed by atoms with Crippen LogP contribution in [-0.4, -0.2) is 53.1 Å². The van der Waals surface area contributed by atoms with Crippen LogP contribution in [0.5, 0.6) is 0 Å². The van der Waals surface area contributed by atoms with E-state index in [1.54, 1.807) is 18.2 Å². The number of carbonyl (C=O) groups excluding carboxylic acids is 1. The lowest BCUT2D eigenvalue weighted by Crippen LogP contribution is -2.48. The van der Waals surface area contributed by atoms with E-state index in [4.69, 9.17) is 23.2 Å². The fourth-order valence-corrected chi connectivity index (χ4v) is 5.07. The molecule has 2 aromatic carbocycles. The molecule has 1 N–H and O–H groups in total. The SMILES string of the molecule is O=C(Cn1cnc2ccc(N3CCN(CC4CCC4)CC3)cc2c1=O)NCc1ccc(Cl)c(Cl)c1. The Bertz CT molecular complexity index is 1280. The third-order valence-corrected chi connectivity index (χ3v) is 7.81. The van der Waals surface area contributed by atoms with Crippen molar-refractivity contribution in [3.05, 3.63) is 68.7 Å². The standard InChI is InChI=1S/C26H29Cl2N5O2/c27-22-6-4-19(12-23(22)28)14-29-25(34)16-33-17-30-24-7-5-20(13-21(24)26(33)35)32-10-8-31(9-11-32)15-18-2-1-3-18/h4-7,12-13,17-18H,1-3,8-11,14-16H2,(H,29,34). The van der Waals surface area contributed by atoms with Gasteiger partial charge in [-0.15, -0.1) is 0 Å². The van der Waals surface area contributed by atoms with Gasteiger partial charge in [0.15, 0.2) is 0 Å². The Balaban J connectivity index is 1.23. The molecular formula is C26H29Cl2N5O2. The van der Waals surface area contributed by atoms with Crippen LogP contribution >= 0.6 is 23.2 Å². The minimum atomic E-state index is -0.280. The number of hydrogen-bond acceptors (Lipinski definition) is 5. The highest BCUT2D eigenvalue weighted by Crippen LogP contribution is 2.28. The van der Waals surface area contributed by atoms with Crippen LogP contribution in [0.2, 0.25) is 10.0 Å². The molecule has 0 atom stereocenters. The summed E-state index contributed by atoms with van der Waals surface area (Å²) in [6, 6.07) is 11.0. The van der Waals surface area contributed by atoms with Crippen LogP contribution in [0.3, 0.4) is 0 Å². The molecule has 1 saturated heterocycles. The number of piperazine rings is 1. The van der Waals surface area contributed by atoms with Crippen molar-refractivity contribution in [2.75, 3.05) is 37.6 Å². The molecule has 184 valence electrons. The Morgan fingerprint density at radius 3 is 2.54 bits per heavy atom. The van der Waals surface area contributed by atoms with E-state index in [0.717, 1.165) is 43.3 Å². The Hall–Kier alpha value is -2.61. The summed E-state index contributed by atoms with van der Waals surface area (Å²) in [5, 5.41) is 4.24. The lowest BCUT2D eigenvalue weighted by molar-refractivity contribution is -0.121. The lowest BCUT2D eigenvalue weighted by atomic mass is 9.85. The maximum atomic E-state index is 13.2. The second-order valence-electron chi connectivity index (χ2n) is 9.49. The van der Waals surface area contributed by atoms with E-state index < -0.39 is 0 Å². The van der Waals surface area contributed by atoms with Gasteiger partial charge in [0, 0.05) is 45.0 Å². The molecule has 1 aliphatic carbocycles. The van der Waals surface area contributed by atoms with Gasteiger partial charge in [0.05, 0.1) is 27.3 Å². The van der Waals surface area contributed by atoms with Crippen LogP contribution < -0.4 is 15.8 Å². The third-order valence-electron chi connectivity index (χ3n) is 7.07. The summed E-state index contributed by atoms with van der Waals surface area (Å²) in [4.78, 5) is 35.0. The minimum absolute atomic E-state index is 0.104. The van der Waals surface area contributed by atoms with Gasteiger partial charge in [0.1, 0.15) is 6.54 Å². The number of anilines is 1. The average Bonchev–Trinajstić information content (AvgIpc) is 2.84. The Kier molecular flexibility index (Phi) is 7.27. The van der Waals surface area contributed by atoms with E-state index in [0.29, 0.717) is 27.5 Å². The molecule has 35 heavy (non-hydrogen) atoms. The average molecular weight is 514 g/mol. The number of carbonyl (C=O) groups is 1. The smallest absolute Gasteiger partial charge is 0.261 e. The van der Waals surface area contributed by atoms with Crippen molar-refractivity contribution in [1.29, 1.82) is 0 Å². The molecule has 2 aliphatic rings. The number of amides is 1. The summed E-state index contributed by atoms with van der Waals surface area (Å²) in [6.45, 7) is 5.39. The molecular weight excluding hydrogens is 485 g/mol. The highest BCUT2D eigenvalue weighted by Gasteiger charge is 2.24. The van der Waals surface area contributed by atoms with E-state index >= 15 is 0 Å². The maximum Gasteiger partial charge on any atom is 0.261 e. The molecule has 1 aliphatic heterocycles. The Morgan fingerprint density at radius 1 is 1.03 bits per heavy atom. The molecule has 3 aromatic rings. The summed E-state index contributed by atoms with van der Waals surface area (Å²) in [5.41, 5.74) is 2.27. The summed E-state index contributed by atoms with van der Waals surface area (Å²) in [6.07, 6.45) is 5.56. The predicted octanol–water partition coefficient (Wildman–Crippen LogP) is 3.94. The molecule has 0 unspecified atom stereocenters. The highest BCUT2D eigenvalue weighted by molar-refractivity contribution is 6.42. The number of aromatic nitrogens is 2. The monoisotopic (exact) mass is 513 g/mol. The van der Waals surface area contributed by atoms with Crippen molar-refractivity contribution in [2.45, 2.75) is 32.4 Å². The largest absolute Gasteiger partial charge is 0.369 e. The first-order valence-electron chi connectivity index (χ1n) is 12.1. The van der Waals surface area contributed by atoms with Gasteiger partial charge in [-0.25, -0.2) is 4.98 Å². The normalized spacial score (nSPS) is 16.9. The van der Waals surface area contributed by atoms with E-state index in [9.17, 15) is 9.59 Å². The number of halogens is 2. The fraction of sp³-hybridized carbons (Fsp3) is 0.423. The van der Waals surface area contributed by atoms with Crippen LogP contribution in [0.4, 0.5) is 5.69 Å². The molecule has 1 saturated carbocycles. The lowest BCUT2D eigenvalue weighted by Gasteiger charge is -2.39. The summed E-state index contributed by atoms with van der Waals surface area (Å²) >= 11 is 12.0. The first-order chi connectivity index (χ1) is 17.0. The van der Waals surface area contributed by atoms with Gasteiger partial charge in [-0.05, 0) is 54.7 Å². The second-order valence-corrected chi connectivity index (χ2v) is 10.3. The first-order valence-corrected chi connectivity index (χ1v) is 12.9. The minimum Gasteiger partial charge on any atom is -0.369 e. The zero-order chi connectivity index (χ0) is 24.4. The van der Waals surface area contributed by atoms with Gasteiger partial charge in [-0.1, -0.05) is 35.7 Å². The highest BCUT2D eigenvalue weighted by atomic mass is 35.5. The number of nitrogens with zero attached hydrogens (tertiary/aromatic N) is 4. The summed E-state index contributed by atoms with van der Waals surface area (Å²) < 4.78 is 1.35. The van der Waals surface area contributed by atoms with E-state index in [1.807, 2.05) is 18.2 Å². The number of benzene rings is 2. The molecule has 0 bridgehead atoms. The molecule has 1 amide bonds. The molecule has 2 fully saturated rings. The molecule has 0 spiro atoms. The van der Waals surface area contributed by atoms with E-state index in [1.165, 1.54) is 36.7 Å². The van der Waals surface area contributed by atoms with E-state index in [2.05, 4.69) is 20.1 Å². The Morgan fingerprint density at radius 2 is 1.83 bits per heavy atom. The number of fused-ring (bicyclic) bond motifs is 1. The van der Waals surface area contributed by atoms with Crippen LogP contribution in [0, 0.1) is 5.92 Å². The Labute approximate surface area is 214 Å². The zero-order valence-corrected chi connectivity index (χ0v) is 21.1. The van der Waals surface area contributed by atoms with Crippen LogP contribution in [0.1, 0.15) is 24.8 Å². The van der Waals surface area contributed by atoms with Crippen LogP contribution in [0.25, 0.3) is 10.9 Å². The van der Waals surface area contributed by atoms with Crippen molar-refractivity contribution < 1.29 is 4.79 Å². The zero-order valence-electron chi connectivity index (χ0n) is 19.6. The number of hydrogen-bond donors (Lipinski definition) is 1. The summed E-state index contributed by atoms with van der Waals surface area (Å²) in [5.74, 6) is 0.603. The van der Waals surface area contributed by atoms with Gasteiger partial charge in [-0.3, -0.25) is 19.1 Å². The van der Waals surface area contributed by atoms with Gasteiger partial charge in [-0.2, -0.15) is 0 Å². The van der Waals surface area contributed by atoms with Crippen LogP contribution in [0.15, 0.2) is 47.5 Å². The number of nitrogens with one attached hydrogen (secondary N) is 1. The van der Waals surface area contributed by atoms with Crippen LogP contribution in [-0.2, 0) is 17.9 Å². The first kappa shape index (κ1) is 24.1. The van der Waals surface area contributed by atoms with Gasteiger partial charge < -0.3 is 10.2 Å². The van der Waals surface area contributed by atoms with Crippen molar-refractivity contribution in [2.24, 2.45) is 5.92 Å². The number of rotatable bonds is 7. The molecule has 0 radical (unpaired) electrons. The molecule has 7 nitrogen and oxygen atoms in total. The quantitative estimate of drug-likeness (QED) is 0.518. The van der Waals surface area contributed by atoms with Gasteiger partial charge in [0.25, 0.3) is 5.56 Å². The van der Waals surface area contributed by atoms with Crippen molar-refractivity contribution in [3.8, 4) is 0 Å². The molecule has 5 rings (SSSR count). The third kappa shape index (κ3) is 5.63. The maximum absolute atomic E-state index is 13.2. The van der Waals surface area contributed by atoms with Crippen molar-refractivity contribution in [1.82, 2.24) is 19.8 Å². The topological polar surface area (TPSA) is 70.5 Å². The fourth-order valence-electron chi connectivity index (χ4n) is 4.75. The van der Waals surface area contributed by atoms with Gasteiger partial charge in [0.2, 0.25) is 5.91 Å². The predicted molar refractivity (Wildman–Crippen MR) is 140 cm³/mol. The second kappa shape index (κ2) is 10.6. The van der Waals surface area contributed by atoms with Gasteiger partial charge >= 0.3 is 0 Å². The molecule has 1 aromatic heterocycles. The molecule has 2 heterocycles. The van der Waals surface area contributed by atoms with E-state index in [-0.39, 0.29) is 18.0 Å². The summed E-state index contributed by atoms with van der Waals surface area (Å²) in [7, 11) is 0.